The molecule has 1 saturated heterocycles. The van der Waals surface area contributed by atoms with Gasteiger partial charge in [-0.1, -0.05) is 6.92 Å². The van der Waals surface area contributed by atoms with E-state index in [1.807, 2.05) is 13.0 Å². The third-order valence-corrected chi connectivity index (χ3v) is 4.20. The zero-order chi connectivity index (χ0) is 15.8. The average molecular weight is 306 g/mol. The Morgan fingerprint density at radius 3 is 2.91 bits per heavy atom. The molecule has 1 aromatic rings. The van der Waals surface area contributed by atoms with Crippen LogP contribution in [0.15, 0.2) is 18.2 Å². The number of carbonyl (C=O) groups is 1. The molecule has 22 heavy (non-hydrogen) atoms. The smallest absolute Gasteiger partial charge is 0.161 e. The molecule has 0 aromatic heterocycles. The molecule has 0 radical (unpaired) electrons. The van der Waals surface area contributed by atoms with Crippen LogP contribution in [0.2, 0.25) is 0 Å². The Kier molecular flexibility index (Phi) is 6.72. The molecule has 1 aliphatic heterocycles. The van der Waals surface area contributed by atoms with E-state index in [2.05, 4.69) is 6.92 Å². The van der Waals surface area contributed by atoms with Crippen LogP contribution in [0.1, 0.15) is 43.5 Å². The maximum Gasteiger partial charge on any atom is 0.161 e. The largest absolute Gasteiger partial charge is 0.490 e. The van der Waals surface area contributed by atoms with Gasteiger partial charge in [0, 0.05) is 17.9 Å². The quantitative estimate of drug-likeness (QED) is 0.590. The Morgan fingerprint density at radius 1 is 1.32 bits per heavy atom. The van der Waals surface area contributed by atoms with Crippen LogP contribution in [0.25, 0.3) is 0 Å². The van der Waals surface area contributed by atoms with Crippen molar-refractivity contribution in [2.45, 2.75) is 33.1 Å². The van der Waals surface area contributed by atoms with Gasteiger partial charge in [0.1, 0.15) is 6.29 Å². The van der Waals surface area contributed by atoms with Crippen molar-refractivity contribution in [1.29, 1.82) is 0 Å². The average Bonchev–Trinajstić information content (AvgIpc) is 2.53. The summed E-state index contributed by atoms with van der Waals surface area (Å²) in [6.07, 6.45) is 4.59. The normalized spacial score (nSPS) is 21.4. The number of quaternary nitrogens is 1. The first kappa shape index (κ1) is 16.8. The molecule has 4 nitrogen and oxygen atoms in total. The number of aldehydes is 1. The van der Waals surface area contributed by atoms with E-state index < -0.39 is 0 Å². The van der Waals surface area contributed by atoms with Crippen LogP contribution in [-0.4, -0.2) is 39.1 Å². The van der Waals surface area contributed by atoms with Crippen molar-refractivity contribution in [2.24, 2.45) is 5.92 Å². The van der Waals surface area contributed by atoms with Crippen molar-refractivity contribution in [1.82, 2.24) is 0 Å². The van der Waals surface area contributed by atoms with Crippen molar-refractivity contribution < 1.29 is 19.2 Å². The molecule has 1 unspecified atom stereocenters. The maximum atomic E-state index is 10.8. The molecule has 1 aliphatic rings. The molecular formula is C18H28NO3+. The van der Waals surface area contributed by atoms with Crippen LogP contribution in [0, 0.1) is 5.92 Å². The third kappa shape index (κ3) is 5.02. The van der Waals surface area contributed by atoms with Gasteiger partial charge >= 0.3 is 0 Å². The fourth-order valence-electron chi connectivity index (χ4n) is 3.11. The Bertz CT molecular complexity index is 475. The summed E-state index contributed by atoms with van der Waals surface area (Å²) >= 11 is 0. The Hall–Kier alpha value is -1.55. The number of benzene rings is 1. The first-order valence-corrected chi connectivity index (χ1v) is 8.41. The fraction of sp³-hybridized carbons (Fsp3) is 0.611. The lowest BCUT2D eigenvalue weighted by Gasteiger charge is -2.27. The van der Waals surface area contributed by atoms with Crippen LogP contribution in [-0.2, 0) is 0 Å². The summed E-state index contributed by atoms with van der Waals surface area (Å²) in [7, 11) is 0. The molecule has 1 aromatic carbocycles. The topological polar surface area (TPSA) is 40.0 Å². The molecule has 0 bridgehead atoms. The van der Waals surface area contributed by atoms with Crippen molar-refractivity contribution >= 4 is 6.29 Å². The summed E-state index contributed by atoms with van der Waals surface area (Å²) in [5, 5.41) is 0. The third-order valence-electron chi connectivity index (χ3n) is 4.20. The molecule has 2 atom stereocenters. The first-order chi connectivity index (χ1) is 10.7. The van der Waals surface area contributed by atoms with E-state index >= 15 is 0 Å². The summed E-state index contributed by atoms with van der Waals surface area (Å²) in [6, 6.07) is 5.33. The van der Waals surface area contributed by atoms with Crippen molar-refractivity contribution in [3.05, 3.63) is 23.8 Å². The number of nitrogens with one attached hydrogen (secondary N) is 1. The molecule has 122 valence electrons. The number of hydrogen-bond acceptors (Lipinski definition) is 3. The summed E-state index contributed by atoms with van der Waals surface area (Å²) in [5.41, 5.74) is 0.613. The van der Waals surface area contributed by atoms with Gasteiger partial charge in [0.05, 0.1) is 32.8 Å². The fourth-order valence-corrected chi connectivity index (χ4v) is 3.11. The first-order valence-electron chi connectivity index (χ1n) is 8.41. The van der Waals surface area contributed by atoms with Gasteiger partial charge in [-0.05, 0) is 38.0 Å². The molecule has 2 rings (SSSR count). The highest BCUT2D eigenvalue weighted by Gasteiger charge is 2.18. The lowest BCUT2D eigenvalue weighted by molar-refractivity contribution is -0.908. The molecule has 1 N–H and O–H groups in total. The Labute approximate surface area is 133 Å². The second kappa shape index (κ2) is 8.79. The molecule has 0 spiro atoms. The molecule has 0 aliphatic carbocycles. The molecule has 0 saturated carbocycles. The van der Waals surface area contributed by atoms with Gasteiger partial charge < -0.3 is 14.4 Å². The van der Waals surface area contributed by atoms with Gasteiger partial charge in [-0.2, -0.15) is 0 Å². The second-order valence-electron chi connectivity index (χ2n) is 6.16. The predicted molar refractivity (Wildman–Crippen MR) is 87.1 cm³/mol. The van der Waals surface area contributed by atoms with E-state index in [-0.39, 0.29) is 0 Å². The minimum absolute atomic E-state index is 0.564. The molecule has 0 amide bonds. The SMILES string of the molecule is CCOc1cc(C=O)ccc1OCCC[NH+]1CCC[C@H](C)C1. The van der Waals surface area contributed by atoms with Gasteiger partial charge in [0.25, 0.3) is 0 Å². The van der Waals surface area contributed by atoms with Crippen molar-refractivity contribution in [3.8, 4) is 11.5 Å². The maximum absolute atomic E-state index is 10.8. The zero-order valence-corrected chi connectivity index (χ0v) is 13.8. The van der Waals surface area contributed by atoms with Crippen molar-refractivity contribution in [2.75, 3.05) is 32.8 Å². The number of carbonyl (C=O) groups excluding carboxylic acids is 1. The lowest BCUT2D eigenvalue weighted by atomic mass is 10.0. The van der Waals surface area contributed by atoms with E-state index in [0.717, 1.165) is 24.4 Å². The van der Waals surface area contributed by atoms with Gasteiger partial charge in [-0.3, -0.25) is 4.79 Å². The standard InChI is InChI=1S/C18H27NO3/c1-3-21-18-12-16(14-20)7-8-17(18)22-11-5-10-19-9-4-6-15(2)13-19/h7-8,12,14-15H,3-6,9-11,13H2,1-2H3/p+1/t15-/m0/s1. The Morgan fingerprint density at radius 2 is 2.18 bits per heavy atom. The predicted octanol–water partition coefficient (Wildman–Crippen LogP) is 1.98. The minimum atomic E-state index is 0.564. The van der Waals surface area contributed by atoms with Crippen LogP contribution < -0.4 is 14.4 Å². The van der Waals surface area contributed by atoms with E-state index in [1.54, 1.807) is 17.0 Å². The summed E-state index contributed by atoms with van der Waals surface area (Å²) in [5.74, 6) is 2.24. The monoisotopic (exact) mass is 306 g/mol. The van der Waals surface area contributed by atoms with Crippen LogP contribution in [0.4, 0.5) is 0 Å². The highest BCUT2D eigenvalue weighted by Crippen LogP contribution is 2.28. The molecule has 1 heterocycles. The van der Waals surface area contributed by atoms with Crippen LogP contribution in [0.3, 0.4) is 0 Å². The van der Waals surface area contributed by atoms with Crippen LogP contribution >= 0.6 is 0 Å². The Balaban J connectivity index is 1.79. The zero-order valence-electron chi connectivity index (χ0n) is 13.8. The number of piperidine rings is 1. The van der Waals surface area contributed by atoms with Gasteiger partial charge in [-0.15, -0.1) is 0 Å². The van der Waals surface area contributed by atoms with Gasteiger partial charge in [-0.25, -0.2) is 0 Å². The van der Waals surface area contributed by atoms with E-state index in [1.165, 1.54) is 32.5 Å². The van der Waals surface area contributed by atoms with Crippen molar-refractivity contribution in [3.63, 3.8) is 0 Å². The second-order valence-corrected chi connectivity index (χ2v) is 6.16. The number of ether oxygens (including phenoxy) is 2. The molecular weight excluding hydrogens is 278 g/mol. The lowest BCUT2D eigenvalue weighted by Crippen LogP contribution is -3.13. The van der Waals surface area contributed by atoms with E-state index in [4.69, 9.17) is 9.47 Å². The van der Waals surface area contributed by atoms with Gasteiger partial charge in [0.2, 0.25) is 0 Å². The summed E-state index contributed by atoms with van der Waals surface area (Å²) < 4.78 is 11.4. The number of rotatable bonds is 8. The van der Waals surface area contributed by atoms with Crippen LogP contribution in [0.5, 0.6) is 11.5 Å². The van der Waals surface area contributed by atoms with E-state index in [0.29, 0.717) is 24.5 Å². The number of hydrogen-bond donors (Lipinski definition) is 1. The molecule has 1 fully saturated rings. The minimum Gasteiger partial charge on any atom is -0.490 e. The summed E-state index contributed by atoms with van der Waals surface area (Å²) in [6.45, 7) is 9.28. The van der Waals surface area contributed by atoms with Gasteiger partial charge in [0.15, 0.2) is 11.5 Å². The summed E-state index contributed by atoms with van der Waals surface area (Å²) in [4.78, 5) is 12.5. The molecule has 4 heteroatoms. The van der Waals surface area contributed by atoms with E-state index in [9.17, 15) is 4.79 Å². The highest BCUT2D eigenvalue weighted by molar-refractivity contribution is 5.76. The highest BCUT2D eigenvalue weighted by atomic mass is 16.5. The number of likely N-dealkylation sites (tertiary alicyclic amines) is 1.